The van der Waals surface area contributed by atoms with Crippen molar-refractivity contribution in [2.75, 3.05) is 12.4 Å². The minimum absolute atomic E-state index is 0.0626. The Balaban J connectivity index is 2.11. The van der Waals surface area contributed by atoms with Gasteiger partial charge in [-0.25, -0.2) is 9.48 Å². The van der Waals surface area contributed by atoms with Crippen molar-refractivity contribution >= 4 is 11.9 Å². The number of nitrogens with zero attached hydrogens (tertiary/aromatic N) is 3. The van der Waals surface area contributed by atoms with Crippen LogP contribution in [0.3, 0.4) is 0 Å². The number of ether oxygens (including phenoxy) is 2. The fraction of sp³-hybridized carbons (Fsp3) is 0.353. The third kappa shape index (κ3) is 2.84. The van der Waals surface area contributed by atoms with Gasteiger partial charge in [0.05, 0.1) is 18.8 Å². The highest BCUT2D eigenvalue weighted by Gasteiger charge is 2.34. The fourth-order valence-electron chi connectivity index (χ4n) is 2.80. The maximum absolute atomic E-state index is 12.3. The van der Waals surface area contributed by atoms with Crippen LogP contribution in [0.2, 0.25) is 0 Å². The highest BCUT2D eigenvalue weighted by Crippen LogP contribution is 2.36. The molecule has 0 amide bonds. The van der Waals surface area contributed by atoms with Crippen molar-refractivity contribution in [3.63, 3.8) is 0 Å². The number of nitrogens with one attached hydrogen (secondary N) is 1. The Morgan fingerprint density at radius 3 is 2.88 bits per heavy atom. The number of methoxy groups -OCH3 is 1. The van der Waals surface area contributed by atoms with Gasteiger partial charge in [-0.3, -0.25) is 0 Å². The lowest BCUT2D eigenvalue weighted by atomic mass is 9.95. The monoisotopic (exact) mass is 328 g/mol. The zero-order valence-corrected chi connectivity index (χ0v) is 14.1. The van der Waals surface area contributed by atoms with Crippen molar-refractivity contribution in [3.8, 4) is 5.75 Å². The number of aromatic nitrogens is 3. The quantitative estimate of drug-likeness (QED) is 0.869. The molecule has 0 saturated carbocycles. The van der Waals surface area contributed by atoms with E-state index in [4.69, 9.17) is 9.47 Å². The van der Waals surface area contributed by atoms with Gasteiger partial charge >= 0.3 is 5.97 Å². The molecule has 0 saturated heterocycles. The maximum Gasteiger partial charge on any atom is 0.338 e. The summed E-state index contributed by atoms with van der Waals surface area (Å²) in [6, 6.07) is 7.21. The molecule has 0 aliphatic carbocycles. The van der Waals surface area contributed by atoms with Crippen LogP contribution in [0.15, 0.2) is 41.9 Å². The molecule has 24 heavy (non-hydrogen) atoms. The van der Waals surface area contributed by atoms with Gasteiger partial charge in [0.1, 0.15) is 18.1 Å². The zero-order valence-electron chi connectivity index (χ0n) is 14.1. The average molecular weight is 328 g/mol. The molecule has 0 fully saturated rings. The van der Waals surface area contributed by atoms with Gasteiger partial charge in [0, 0.05) is 5.70 Å². The number of benzene rings is 1. The van der Waals surface area contributed by atoms with Crippen molar-refractivity contribution < 1.29 is 14.3 Å². The molecule has 0 spiro atoms. The van der Waals surface area contributed by atoms with Crippen LogP contribution in [-0.2, 0) is 9.53 Å². The Kier molecular flexibility index (Phi) is 4.24. The van der Waals surface area contributed by atoms with E-state index >= 15 is 0 Å². The lowest BCUT2D eigenvalue weighted by Gasteiger charge is -2.28. The van der Waals surface area contributed by atoms with Gasteiger partial charge in [-0.2, -0.15) is 10.1 Å². The molecule has 1 N–H and O–H groups in total. The Morgan fingerprint density at radius 1 is 1.38 bits per heavy atom. The number of carbonyl (C=O) groups excluding carboxylic acids is 1. The second kappa shape index (κ2) is 6.35. The van der Waals surface area contributed by atoms with Crippen LogP contribution in [0, 0.1) is 0 Å². The molecular weight excluding hydrogens is 308 g/mol. The Morgan fingerprint density at radius 2 is 2.17 bits per heavy atom. The molecule has 1 unspecified atom stereocenters. The molecule has 1 atom stereocenters. The standard InChI is InChI=1S/C17H20N4O3/c1-10(2)24-13-7-5-6-12(8-13)15-14(16(22)23-4)11(3)20-17-18-9-19-21(15)17/h5-10,15H,1-4H3,(H,18,19,20). The van der Waals surface area contributed by atoms with E-state index in [-0.39, 0.29) is 6.10 Å². The second-order valence-corrected chi connectivity index (χ2v) is 5.83. The first-order valence-corrected chi connectivity index (χ1v) is 7.73. The molecule has 1 aliphatic rings. The first-order chi connectivity index (χ1) is 11.5. The summed E-state index contributed by atoms with van der Waals surface area (Å²) in [5.41, 5.74) is 2.07. The van der Waals surface area contributed by atoms with E-state index < -0.39 is 12.0 Å². The summed E-state index contributed by atoms with van der Waals surface area (Å²) in [6.07, 6.45) is 1.52. The summed E-state index contributed by atoms with van der Waals surface area (Å²) < 4.78 is 12.4. The smallest absolute Gasteiger partial charge is 0.338 e. The minimum Gasteiger partial charge on any atom is -0.491 e. The lowest BCUT2D eigenvalue weighted by Crippen LogP contribution is -2.29. The summed E-state index contributed by atoms with van der Waals surface area (Å²) in [5, 5.41) is 7.36. The number of hydrogen-bond donors (Lipinski definition) is 1. The molecule has 2 heterocycles. The Labute approximate surface area is 140 Å². The van der Waals surface area contributed by atoms with E-state index in [1.807, 2.05) is 45.0 Å². The lowest BCUT2D eigenvalue weighted by molar-refractivity contribution is -0.136. The van der Waals surface area contributed by atoms with Crippen molar-refractivity contribution in [3.05, 3.63) is 47.4 Å². The van der Waals surface area contributed by atoms with Crippen molar-refractivity contribution in [1.82, 2.24) is 14.8 Å². The molecule has 3 rings (SSSR count). The topological polar surface area (TPSA) is 78.3 Å². The van der Waals surface area contributed by atoms with Crippen LogP contribution < -0.4 is 10.1 Å². The van der Waals surface area contributed by atoms with E-state index in [1.54, 1.807) is 4.68 Å². The van der Waals surface area contributed by atoms with Gasteiger partial charge in [0.25, 0.3) is 0 Å². The summed E-state index contributed by atoms with van der Waals surface area (Å²) in [6.45, 7) is 5.76. The highest BCUT2D eigenvalue weighted by molar-refractivity contribution is 5.92. The van der Waals surface area contributed by atoms with Gasteiger partial charge in [0.2, 0.25) is 5.95 Å². The average Bonchev–Trinajstić information content (AvgIpc) is 3.00. The first kappa shape index (κ1) is 16.0. The summed E-state index contributed by atoms with van der Waals surface area (Å²) in [5.74, 6) is 0.922. The number of allylic oxidation sites excluding steroid dienone is 1. The van der Waals surface area contributed by atoms with Crippen LogP contribution in [0.4, 0.5) is 5.95 Å². The van der Waals surface area contributed by atoms with Gasteiger partial charge < -0.3 is 14.8 Å². The molecular formula is C17H20N4O3. The SMILES string of the molecule is COC(=O)C1=C(C)Nc2ncnn2C1c1cccc(OC(C)C)c1. The Bertz CT molecular complexity index is 795. The van der Waals surface area contributed by atoms with Gasteiger partial charge in [0.15, 0.2) is 0 Å². The van der Waals surface area contributed by atoms with E-state index in [0.717, 1.165) is 11.3 Å². The number of fused-ring (bicyclic) bond motifs is 1. The zero-order chi connectivity index (χ0) is 17.3. The largest absolute Gasteiger partial charge is 0.491 e. The highest BCUT2D eigenvalue weighted by atomic mass is 16.5. The Hall–Kier alpha value is -2.83. The summed E-state index contributed by atoms with van der Waals surface area (Å²) >= 11 is 0. The molecule has 1 aromatic heterocycles. The first-order valence-electron chi connectivity index (χ1n) is 7.73. The van der Waals surface area contributed by atoms with Gasteiger partial charge in [-0.1, -0.05) is 12.1 Å². The molecule has 7 nitrogen and oxygen atoms in total. The van der Waals surface area contributed by atoms with Crippen molar-refractivity contribution in [2.24, 2.45) is 0 Å². The number of hydrogen-bond acceptors (Lipinski definition) is 6. The van der Waals surface area contributed by atoms with Crippen LogP contribution in [0.25, 0.3) is 0 Å². The van der Waals surface area contributed by atoms with Crippen LogP contribution >= 0.6 is 0 Å². The van der Waals surface area contributed by atoms with E-state index in [1.165, 1.54) is 13.4 Å². The van der Waals surface area contributed by atoms with E-state index in [2.05, 4.69) is 15.4 Å². The van der Waals surface area contributed by atoms with E-state index in [0.29, 0.717) is 17.2 Å². The summed E-state index contributed by atoms with van der Waals surface area (Å²) in [4.78, 5) is 16.5. The predicted molar refractivity (Wildman–Crippen MR) is 88.7 cm³/mol. The van der Waals surface area contributed by atoms with Crippen molar-refractivity contribution in [2.45, 2.75) is 32.9 Å². The maximum atomic E-state index is 12.3. The van der Waals surface area contributed by atoms with E-state index in [9.17, 15) is 4.79 Å². The number of esters is 1. The minimum atomic E-state index is -0.424. The van der Waals surface area contributed by atoms with Gasteiger partial charge in [-0.05, 0) is 38.5 Å². The fourth-order valence-corrected chi connectivity index (χ4v) is 2.80. The molecule has 0 bridgehead atoms. The van der Waals surface area contributed by atoms with Crippen LogP contribution in [-0.4, -0.2) is 33.9 Å². The molecule has 0 radical (unpaired) electrons. The van der Waals surface area contributed by atoms with Crippen molar-refractivity contribution in [1.29, 1.82) is 0 Å². The molecule has 2 aromatic rings. The normalized spacial score (nSPS) is 16.6. The second-order valence-electron chi connectivity index (χ2n) is 5.83. The predicted octanol–water partition coefficient (Wildman–Crippen LogP) is 2.53. The molecule has 7 heteroatoms. The van der Waals surface area contributed by atoms with Gasteiger partial charge in [-0.15, -0.1) is 0 Å². The summed E-state index contributed by atoms with van der Waals surface area (Å²) in [7, 11) is 1.37. The molecule has 126 valence electrons. The van der Waals surface area contributed by atoms with Crippen LogP contribution in [0.5, 0.6) is 5.75 Å². The number of anilines is 1. The van der Waals surface area contributed by atoms with Crippen LogP contribution in [0.1, 0.15) is 32.4 Å². The molecule has 1 aromatic carbocycles. The number of rotatable bonds is 4. The molecule has 1 aliphatic heterocycles. The third-order valence-corrected chi connectivity index (χ3v) is 3.75. The third-order valence-electron chi connectivity index (χ3n) is 3.75. The number of carbonyl (C=O) groups is 1.